The van der Waals surface area contributed by atoms with Crippen molar-refractivity contribution in [3.8, 4) is 0 Å². The summed E-state index contributed by atoms with van der Waals surface area (Å²) in [5.41, 5.74) is 1.25. The van der Waals surface area contributed by atoms with Crippen LogP contribution in [0.15, 0.2) is 35.3 Å². The van der Waals surface area contributed by atoms with Crippen molar-refractivity contribution in [1.82, 2.24) is 20.9 Å². The average Bonchev–Trinajstić information content (AvgIpc) is 3.09. The van der Waals surface area contributed by atoms with Gasteiger partial charge in [0.05, 0.1) is 0 Å². The van der Waals surface area contributed by atoms with E-state index in [4.69, 9.17) is 0 Å². The van der Waals surface area contributed by atoms with Crippen LogP contribution in [0.25, 0.3) is 0 Å². The summed E-state index contributed by atoms with van der Waals surface area (Å²) < 4.78 is 0. The molecule has 160 valence electrons. The Morgan fingerprint density at radius 3 is 2.66 bits per heavy atom. The molecule has 0 spiro atoms. The monoisotopic (exact) mass is 401 g/mol. The molecule has 29 heavy (non-hydrogen) atoms. The van der Waals surface area contributed by atoms with Gasteiger partial charge in [-0.3, -0.25) is 14.6 Å². The average molecular weight is 402 g/mol. The van der Waals surface area contributed by atoms with Gasteiger partial charge in [-0.25, -0.2) is 0 Å². The number of carbonyl (C=O) groups is 2. The zero-order chi connectivity index (χ0) is 20.9. The molecule has 0 radical (unpaired) electrons. The van der Waals surface area contributed by atoms with Gasteiger partial charge in [0.1, 0.15) is 0 Å². The lowest BCUT2D eigenvalue weighted by atomic mass is 10.1. The zero-order valence-corrected chi connectivity index (χ0v) is 17.7. The Morgan fingerprint density at radius 2 is 1.93 bits per heavy atom. The van der Waals surface area contributed by atoms with Crippen LogP contribution in [0.4, 0.5) is 0 Å². The molecule has 1 fully saturated rings. The van der Waals surface area contributed by atoms with Gasteiger partial charge < -0.3 is 20.9 Å². The first kappa shape index (κ1) is 22.7. The molecular formula is C22H35N5O2. The Balaban J connectivity index is 1.75. The van der Waals surface area contributed by atoms with Crippen LogP contribution in [0.2, 0.25) is 0 Å². The fraction of sp³-hybridized carbons (Fsp3) is 0.591. The molecule has 1 atom stereocenters. The highest BCUT2D eigenvalue weighted by Gasteiger charge is 2.28. The van der Waals surface area contributed by atoms with Crippen LogP contribution in [0.5, 0.6) is 0 Å². The van der Waals surface area contributed by atoms with Crippen LogP contribution < -0.4 is 16.0 Å². The van der Waals surface area contributed by atoms with Gasteiger partial charge in [0.25, 0.3) is 0 Å². The predicted molar refractivity (Wildman–Crippen MR) is 117 cm³/mol. The third-order valence-electron chi connectivity index (χ3n) is 4.88. The topological polar surface area (TPSA) is 85.8 Å². The van der Waals surface area contributed by atoms with E-state index in [1.165, 1.54) is 5.56 Å². The maximum Gasteiger partial charge on any atom is 0.223 e. The zero-order valence-electron chi connectivity index (χ0n) is 17.7. The van der Waals surface area contributed by atoms with E-state index in [1.807, 2.05) is 36.9 Å². The SMILES string of the molecule is CCCNC(=O)CCNC(=NCC1CC(=O)N(CCc2ccccc2)C1)NCC. The minimum atomic E-state index is 0.0469. The Bertz CT molecular complexity index is 662. The standard InChI is InChI=1S/C22H35N5O2/c1-3-12-24-20(28)10-13-25-22(23-4-2)26-16-19-15-21(29)27(17-19)14-11-18-8-6-5-7-9-18/h5-9,19H,3-4,10-17H2,1-2H3,(H,24,28)(H2,23,25,26). The van der Waals surface area contributed by atoms with E-state index in [-0.39, 0.29) is 17.7 Å². The minimum absolute atomic E-state index is 0.0469. The molecule has 2 rings (SSSR count). The first-order chi connectivity index (χ1) is 14.1. The Morgan fingerprint density at radius 1 is 1.14 bits per heavy atom. The van der Waals surface area contributed by atoms with E-state index in [2.05, 4.69) is 33.1 Å². The second-order valence-corrected chi connectivity index (χ2v) is 7.39. The summed E-state index contributed by atoms with van der Waals surface area (Å²) in [6.45, 7) is 8.16. The number of guanidine groups is 1. The highest BCUT2D eigenvalue weighted by molar-refractivity contribution is 5.81. The first-order valence-corrected chi connectivity index (χ1v) is 10.7. The molecule has 0 saturated carbocycles. The Hall–Kier alpha value is -2.57. The molecule has 1 aromatic carbocycles. The van der Waals surface area contributed by atoms with E-state index >= 15 is 0 Å². The Labute approximate surface area is 174 Å². The maximum atomic E-state index is 12.3. The van der Waals surface area contributed by atoms with Gasteiger partial charge in [0.15, 0.2) is 5.96 Å². The molecular weight excluding hydrogens is 366 g/mol. The summed E-state index contributed by atoms with van der Waals surface area (Å²) in [6, 6.07) is 10.3. The van der Waals surface area contributed by atoms with E-state index in [1.54, 1.807) is 0 Å². The number of nitrogens with zero attached hydrogens (tertiary/aromatic N) is 2. The van der Waals surface area contributed by atoms with Crippen LogP contribution in [-0.2, 0) is 16.0 Å². The van der Waals surface area contributed by atoms with Gasteiger partial charge >= 0.3 is 0 Å². The van der Waals surface area contributed by atoms with Crippen molar-refractivity contribution in [3.05, 3.63) is 35.9 Å². The lowest BCUT2D eigenvalue weighted by Gasteiger charge is -2.16. The molecule has 0 bridgehead atoms. The number of hydrogen-bond acceptors (Lipinski definition) is 3. The third kappa shape index (κ3) is 8.54. The highest BCUT2D eigenvalue weighted by atomic mass is 16.2. The molecule has 3 N–H and O–H groups in total. The summed E-state index contributed by atoms with van der Waals surface area (Å²) >= 11 is 0. The van der Waals surface area contributed by atoms with E-state index in [9.17, 15) is 9.59 Å². The summed E-state index contributed by atoms with van der Waals surface area (Å²) in [7, 11) is 0. The van der Waals surface area contributed by atoms with Crippen LogP contribution in [0.1, 0.15) is 38.7 Å². The number of carbonyl (C=O) groups excluding carboxylic acids is 2. The van der Waals surface area contributed by atoms with E-state index < -0.39 is 0 Å². The lowest BCUT2D eigenvalue weighted by molar-refractivity contribution is -0.127. The normalized spacial score (nSPS) is 16.8. The van der Waals surface area contributed by atoms with Crippen LogP contribution in [-0.4, -0.2) is 61.9 Å². The maximum absolute atomic E-state index is 12.3. The molecule has 2 amide bonds. The van der Waals surface area contributed by atoms with Gasteiger partial charge in [-0.05, 0) is 25.3 Å². The van der Waals surface area contributed by atoms with Gasteiger partial charge in [0, 0.05) is 58.0 Å². The van der Waals surface area contributed by atoms with Crippen LogP contribution in [0, 0.1) is 5.92 Å². The molecule has 0 aliphatic carbocycles. The molecule has 7 heteroatoms. The molecule has 1 aromatic rings. The van der Waals surface area contributed by atoms with E-state index in [0.717, 1.165) is 32.5 Å². The fourth-order valence-electron chi connectivity index (χ4n) is 3.31. The number of benzene rings is 1. The highest BCUT2D eigenvalue weighted by Crippen LogP contribution is 2.18. The van der Waals surface area contributed by atoms with Crippen molar-refractivity contribution in [2.75, 3.05) is 39.3 Å². The van der Waals surface area contributed by atoms with Gasteiger partial charge in [-0.2, -0.15) is 0 Å². The molecule has 1 saturated heterocycles. The van der Waals surface area contributed by atoms with Crippen molar-refractivity contribution in [2.24, 2.45) is 10.9 Å². The molecule has 7 nitrogen and oxygen atoms in total. The van der Waals surface area contributed by atoms with Crippen LogP contribution >= 0.6 is 0 Å². The number of nitrogens with one attached hydrogen (secondary N) is 3. The number of rotatable bonds is 11. The smallest absolute Gasteiger partial charge is 0.223 e. The second kappa shape index (κ2) is 12.8. The number of hydrogen-bond donors (Lipinski definition) is 3. The van der Waals surface area contributed by atoms with Crippen molar-refractivity contribution in [1.29, 1.82) is 0 Å². The minimum Gasteiger partial charge on any atom is -0.357 e. The lowest BCUT2D eigenvalue weighted by Crippen LogP contribution is -2.39. The summed E-state index contributed by atoms with van der Waals surface area (Å²) in [4.78, 5) is 30.6. The molecule has 1 heterocycles. The Kier molecular flexibility index (Phi) is 10.0. The molecule has 1 unspecified atom stereocenters. The third-order valence-corrected chi connectivity index (χ3v) is 4.88. The number of amides is 2. The number of aliphatic imine (C=N–C) groups is 1. The molecule has 1 aliphatic rings. The first-order valence-electron chi connectivity index (χ1n) is 10.7. The van der Waals surface area contributed by atoms with Crippen molar-refractivity contribution in [3.63, 3.8) is 0 Å². The van der Waals surface area contributed by atoms with E-state index in [0.29, 0.717) is 38.4 Å². The molecule has 0 aromatic heterocycles. The summed E-state index contributed by atoms with van der Waals surface area (Å²) in [6.07, 6.45) is 2.79. The quantitative estimate of drug-likeness (QED) is 0.388. The summed E-state index contributed by atoms with van der Waals surface area (Å²) in [5.74, 6) is 1.20. The van der Waals surface area contributed by atoms with Crippen molar-refractivity contribution in [2.45, 2.75) is 39.5 Å². The number of likely N-dealkylation sites (tertiary alicyclic amines) is 1. The summed E-state index contributed by atoms with van der Waals surface area (Å²) in [5, 5.41) is 9.27. The second-order valence-electron chi connectivity index (χ2n) is 7.39. The van der Waals surface area contributed by atoms with Gasteiger partial charge in [-0.1, -0.05) is 37.3 Å². The van der Waals surface area contributed by atoms with Gasteiger partial charge in [0.2, 0.25) is 11.8 Å². The fourth-order valence-corrected chi connectivity index (χ4v) is 3.31. The van der Waals surface area contributed by atoms with Crippen LogP contribution in [0.3, 0.4) is 0 Å². The van der Waals surface area contributed by atoms with Gasteiger partial charge in [-0.15, -0.1) is 0 Å². The predicted octanol–water partition coefficient (Wildman–Crippen LogP) is 1.55. The van der Waals surface area contributed by atoms with Crippen molar-refractivity contribution >= 4 is 17.8 Å². The van der Waals surface area contributed by atoms with Crippen molar-refractivity contribution < 1.29 is 9.59 Å². The molecule has 1 aliphatic heterocycles. The largest absolute Gasteiger partial charge is 0.357 e.